The lowest BCUT2D eigenvalue weighted by molar-refractivity contribution is 0.414. The van der Waals surface area contributed by atoms with E-state index in [2.05, 4.69) is 36.5 Å². The fourth-order valence-electron chi connectivity index (χ4n) is 2.08. The maximum absolute atomic E-state index is 9.29. The average molecular weight is 266 g/mol. The standard InChI is InChI=1S/C17H18N2O/c1-13-4-3-5-14(10-13)12-19-17(11-18)15-6-8-16(20-2)9-7-15/h3-10,17,19H,12H2,1-2H3. The highest BCUT2D eigenvalue weighted by molar-refractivity contribution is 5.32. The fourth-order valence-corrected chi connectivity index (χ4v) is 2.08. The molecule has 0 aliphatic heterocycles. The lowest BCUT2D eigenvalue weighted by Crippen LogP contribution is -2.19. The number of aryl methyl sites for hydroxylation is 1. The zero-order valence-corrected chi connectivity index (χ0v) is 11.8. The molecule has 0 fully saturated rings. The number of nitrogens with zero attached hydrogens (tertiary/aromatic N) is 1. The van der Waals surface area contributed by atoms with Gasteiger partial charge < -0.3 is 4.74 Å². The summed E-state index contributed by atoms with van der Waals surface area (Å²) in [6, 6.07) is 17.8. The van der Waals surface area contributed by atoms with Gasteiger partial charge in [0.05, 0.1) is 13.2 Å². The van der Waals surface area contributed by atoms with Gasteiger partial charge in [-0.05, 0) is 30.2 Å². The molecule has 2 aromatic carbocycles. The largest absolute Gasteiger partial charge is 0.497 e. The topological polar surface area (TPSA) is 45.0 Å². The summed E-state index contributed by atoms with van der Waals surface area (Å²) in [4.78, 5) is 0. The molecule has 0 amide bonds. The molecule has 0 aliphatic rings. The van der Waals surface area contributed by atoms with E-state index in [0.717, 1.165) is 11.3 Å². The normalized spacial score (nSPS) is 11.7. The Morgan fingerprint density at radius 2 is 1.95 bits per heavy atom. The van der Waals surface area contributed by atoms with E-state index in [9.17, 15) is 5.26 Å². The Balaban J connectivity index is 2.03. The van der Waals surface area contributed by atoms with E-state index in [1.165, 1.54) is 11.1 Å². The van der Waals surface area contributed by atoms with Gasteiger partial charge in [-0.15, -0.1) is 0 Å². The Labute approximate surface area is 119 Å². The van der Waals surface area contributed by atoms with Gasteiger partial charge >= 0.3 is 0 Å². The second kappa shape index (κ2) is 6.74. The molecule has 2 rings (SSSR count). The first kappa shape index (κ1) is 14.1. The Morgan fingerprint density at radius 3 is 2.55 bits per heavy atom. The number of hydrogen-bond donors (Lipinski definition) is 1. The minimum atomic E-state index is -0.318. The number of nitriles is 1. The van der Waals surface area contributed by atoms with Gasteiger partial charge in [0.25, 0.3) is 0 Å². The van der Waals surface area contributed by atoms with E-state index in [0.29, 0.717) is 6.54 Å². The van der Waals surface area contributed by atoms with Crippen LogP contribution < -0.4 is 10.1 Å². The molecular weight excluding hydrogens is 248 g/mol. The molecule has 2 aromatic rings. The van der Waals surface area contributed by atoms with Gasteiger partial charge in [-0.3, -0.25) is 5.32 Å². The van der Waals surface area contributed by atoms with Crippen LogP contribution in [0, 0.1) is 18.3 Å². The summed E-state index contributed by atoms with van der Waals surface area (Å²) in [6.45, 7) is 2.74. The van der Waals surface area contributed by atoms with Crippen LogP contribution in [0.15, 0.2) is 48.5 Å². The highest BCUT2D eigenvalue weighted by Gasteiger charge is 2.09. The molecule has 3 heteroatoms. The van der Waals surface area contributed by atoms with Crippen molar-refractivity contribution in [1.29, 1.82) is 5.26 Å². The molecule has 1 N–H and O–H groups in total. The maximum Gasteiger partial charge on any atom is 0.121 e. The molecule has 20 heavy (non-hydrogen) atoms. The lowest BCUT2D eigenvalue weighted by atomic mass is 10.1. The van der Waals surface area contributed by atoms with E-state index < -0.39 is 0 Å². The first-order chi connectivity index (χ1) is 9.72. The van der Waals surface area contributed by atoms with Gasteiger partial charge in [-0.2, -0.15) is 5.26 Å². The van der Waals surface area contributed by atoms with E-state index >= 15 is 0 Å². The number of hydrogen-bond acceptors (Lipinski definition) is 3. The number of rotatable bonds is 5. The second-order valence-electron chi connectivity index (χ2n) is 4.71. The fraction of sp³-hybridized carbons (Fsp3) is 0.235. The lowest BCUT2D eigenvalue weighted by Gasteiger charge is -2.12. The first-order valence-electron chi connectivity index (χ1n) is 6.55. The highest BCUT2D eigenvalue weighted by atomic mass is 16.5. The molecule has 0 saturated carbocycles. The van der Waals surface area contributed by atoms with Crippen LogP contribution in [0.5, 0.6) is 5.75 Å². The van der Waals surface area contributed by atoms with Gasteiger partial charge in [0.15, 0.2) is 0 Å². The first-order valence-corrected chi connectivity index (χ1v) is 6.55. The molecule has 0 bridgehead atoms. The summed E-state index contributed by atoms with van der Waals surface area (Å²) in [6.07, 6.45) is 0. The molecule has 0 aromatic heterocycles. The molecule has 0 aliphatic carbocycles. The monoisotopic (exact) mass is 266 g/mol. The van der Waals surface area contributed by atoms with Gasteiger partial charge in [0.1, 0.15) is 11.8 Å². The number of methoxy groups -OCH3 is 1. The summed E-state index contributed by atoms with van der Waals surface area (Å²) < 4.78 is 5.12. The van der Waals surface area contributed by atoms with Crippen molar-refractivity contribution in [3.63, 3.8) is 0 Å². The van der Waals surface area contributed by atoms with Gasteiger partial charge in [-0.25, -0.2) is 0 Å². The van der Waals surface area contributed by atoms with E-state index in [-0.39, 0.29) is 6.04 Å². The van der Waals surface area contributed by atoms with Crippen LogP contribution in [0.4, 0.5) is 0 Å². The molecular formula is C17H18N2O. The maximum atomic E-state index is 9.29. The van der Waals surface area contributed by atoms with Crippen LogP contribution in [-0.4, -0.2) is 7.11 Å². The third kappa shape index (κ3) is 3.59. The molecule has 0 radical (unpaired) electrons. The SMILES string of the molecule is COc1ccc(C(C#N)NCc2cccc(C)c2)cc1. The minimum Gasteiger partial charge on any atom is -0.497 e. The predicted octanol–water partition coefficient (Wildman–Crippen LogP) is 3.36. The van der Waals surface area contributed by atoms with Crippen molar-refractivity contribution in [2.24, 2.45) is 0 Å². The van der Waals surface area contributed by atoms with Gasteiger partial charge in [0, 0.05) is 6.54 Å². The molecule has 1 atom stereocenters. The third-order valence-electron chi connectivity index (χ3n) is 3.17. The van der Waals surface area contributed by atoms with Crippen LogP contribution in [0.2, 0.25) is 0 Å². The summed E-state index contributed by atoms with van der Waals surface area (Å²) >= 11 is 0. The van der Waals surface area contributed by atoms with E-state index in [4.69, 9.17) is 4.74 Å². The van der Waals surface area contributed by atoms with Crippen LogP contribution in [-0.2, 0) is 6.54 Å². The summed E-state index contributed by atoms with van der Waals surface area (Å²) in [5.74, 6) is 0.795. The zero-order chi connectivity index (χ0) is 14.4. The number of benzene rings is 2. The van der Waals surface area contributed by atoms with Crippen LogP contribution in [0.3, 0.4) is 0 Å². The van der Waals surface area contributed by atoms with Crippen LogP contribution in [0.25, 0.3) is 0 Å². The van der Waals surface area contributed by atoms with Crippen LogP contribution in [0.1, 0.15) is 22.7 Å². The highest BCUT2D eigenvalue weighted by Crippen LogP contribution is 2.17. The van der Waals surface area contributed by atoms with Gasteiger partial charge in [-0.1, -0.05) is 42.0 Å². The summed E-state index contributed by atoms with van der Waals surface area (Å²) in [5, 5.41) is 12.6. The quantitative estimate of drug-likeness (QED) is 0.902. The smallest absolute Gasteiger partial charge is 0.121 e. The Bertz CT molecular complexity index is 599. The Morgan fingerprint density at radius 1 is 1.20 bits per heavy atom. The van der Waals surface area contributed by atoms with Crippen molar-refractivity contribution < 1.29 is 4.74 Å². The zero-order valence-electron chi connectivity index (χ0n) is 11.8. The van der Waals surface area contributed by atoms with Crippen molar-refractivity contribution in [2.75, 3.05) is 7.11 Å². The van der Waals surface area contributed by atoms with E-state index in [1.54, 1.807) is 7.11 Å². The Kier molecular flexibility index (Phi) is 4.75. The summed E-state index contributed by atoms with van der Waals surface area (Å²) in [5.41, 5.74) is 3.35. The average Bonchev–Trinajstić information content (AvgIpc) is 2.48. The Hall–Kier alpha value is -2.31. The number of ether oxygens (including phenoxy) is 1. The molecule has 1 unspecified atom stereocenters. The molecule has 102 valence electrons. The molecule has 0 heterocycles. The van der Waals surface area contributed by atoms with Crippen LogP contribution >= 0.6 is 0 Å². The van der Waals surface area contributed by atoms with Crippen molar-refractivity contribution in [3.8, 4) is 11.8 Å². The van der Waals surface area contributed by atoms with Crippen molar-refractivity contribution in [3.05, 3.63) is 65.2 Å². The van der Waals surface area contributed by atoms with Gasteiger partial charge in [0.2, 0.25) is 0 Å². The third-order valence-corrected chi connectivity index (χ3v) is 3.17. The molecule has 3 nitrogen and oxygen atoms in total. The molecule has 0 saturated heterocycles. The summed E-state index contributed by atoms with van der Waals surface area (Å²) in [7, 11) is 1.63. The van der Waals surface area contributed by atoms with Crippen molar-refractivity contribution in [1.82, 2.24) is 5.32 Å². The van der Waals surface area contributed by atoms with Crippen molar-refractivity contribution >= 4 is 0 Å². The molecule has 0 spiro atoms. The second-order valence-corrected chi connectivity index (χ2v) is 4.71. The van der Waals surface area contributed by atoms with E-state index in [1.807, 2.05) is 30.3 Å². The number of nitrogens with one attached hydrogen (secondary N) is 1. The minimum absolute atomic E-state index is 0.318. The van der Waals surface area contributed by atoms with Crippen molar-refractivity contribution in [2.45, 2.75) is 19.5 Å². The predicted molar refractivity (Wildman–Crippen MR) is 79.4 cm³/mol.